The van der Waals surface area contributed by atoms with Gasteiger partial charge < -0.3 is 26.4 Å². The maximum Gasteiger partial charge on any atom is 0.226 e. The molecule has 1 amide bonds. The Balaban J connectivity index is 1.75. The lowest BCUT2D eigenvalue weighted by Gasteiger charge is -2.36. The summed E-state index contributed by atoms with van der Waals surface area (Å²) in [5, 5.41) is 9.45. The van der Waals surface area contributed by atoms with Crippen molar-refractivity contribution in [1.29, 1.82) is 0 Å². The summed E-state index contributed by atoms with van der Waals surface area (Å²) in [5.41, 5.74) is 14.2. The molecule has 8 nitrogen and oxygen atoms in total. The monoisotopic (exact) mass is 572 g/mol. The Morgan fingerprint density at radius 1 is 1.17 bits per heavy atom. The number of fused-ring (bicyclic) bond motifs is 1. The van der Waals surface area contributed by atoms with Crippen LogP contribution in [-0.2, 0) is 17.9 Å². The second-order valence-corrected chi connectivity index (χ2v) is 12.0. The normalized spacial score (nSPS) is 16.2. The number of hydrogen-bond acceptors (Lipinski definition) is 7. The van der Waals surface area contributed by atoms with Gasteiger partial charge in [-0.15, -0.1) is 0 Å². The molecular formula is C34H48N6O2. The molecule has 1 aliphatic rings. The third-order valence-corrected chi connectivity index (χ3v) is 8.67. The van der Waals surface area contributed by atoms with E-state index in [1.54, 1.807) is 6.20 Å². The summed E-state index contributed by atoms with van der Waals surface area (Å²) < 4.78 is 6.33. The summed E-state index contributed by atoms with van der Waals surface area (Å²) in [6.07, 6.45) is 4.75. The molecule has 0 aliphatic carbocycles. The third-order valence-electron chi connectivity index (χ3n) is 8.67. The van der Waals surface area contributed by atoms with Gasteiger partial charge in [0.25, 0.3) is 0 Å². The van der Waals surface area contributed by atoms with Gasteiger partial charge in [-0.2, -0.15) is 0 Å². The van der Waals surface area contributed by atoms with Crippen molar-refractivity contribution in [2.24, 2.45) is 5.41 Å². The van der Waals surface area contributed by atoms with Crippen LogP contribution in [0, 0.1) is 19.3 Å². The van der Waals surface area contributed by atoms with Crippen LogP contribution in [0.5, 0.6) is 5.75 Å². The van der Waals surface area contributed by atoms with E-state index in [1.807, 2.05) is 46.3 Å². The molecule has 5 N–H and O–H groups in total. The Hall–Kier alpha value is -3.62. The van der Waals surface area contributed by atoms with E-state index in [2.05, 4.69) is 70.9 Å². The molecule has 4 rings (SSSR count). The van der Waals surface area contributed by atoms with Gasteiger partial charge in [-0.3, -0.25) is 14.7 Å². The summed E-state index contributed by atoms with van der Waals surface area (Å²) in [4.78, 5) is 20.5. The number of likely N-dealkylation sites (N-methyl/N-ethyl adjacent to an activating group) is 1. The van der Waals surface area contributed by atoms with E-state index in [1.165, 1.54) is 11.1 Å². The Kier molecular flexibility index (Phi) is 10.1. The fraction of sp³-hybridized carbons (Fsp3) is 0.471. The number of ether oxygens (including phenoxy) is 1. The molecular weight excluding hydrogens is 524 g/mol. The van der Waals surface area contributed by atoms with Gasteiger partial charge in [0.15, 0.2) is 0 Å². The fourth-order valence-electron chi connectivity index (χ4n) is 5.99. The zero-order valence-electron chi connectivity index (χ0n) is 26.3. The highest BCUT2D eigenvalue weighted by Crippen LogP contribution is 2.45. The Morgan fingerprint density at radius 3 is 2.67 bits per heavy atom. The van der Waals surface area contributed by atoms with Crippen LogP contribution >= 0.6 is 0 Å². The molecule has 3 aromatic rings. The average Bonchev–Trinajstić information content (AvgIpc) is 3.15. The maximum atomic E-state index is 13.7. The lowest BCUT2D eigenvalue weighted by molar-refractivity contribution is -0.130. The zero-order chi connectivity index (χ0) is 30.4. The topological polar surface area (TPSA) is 105 Å². The van der Waals surface area contributed by atoms with Crippen LogP contribution in [0.1, 0.15) is 66.5 Å². The predicted octanol–water partition coefficient (Wildman–Crippen LogP) is 4.99. The number of carbonyl (C=O) groups is 1. The predicted molar refractivity (Wildman–Crippen MR) is 172 cm³/mol. The van der Waals surface area contributed by atoms with Crippen molar-refractivity contribution in [3.63, 3.8) is 0 Å². The molecule has 8 heteroatoms. The number of hydrogen-bond donors (Lipinski definition) is 4. The highest BCUT2D eigenvalue weighted by atomic mass is 16.5. The number of nitrogens with zero attached hydrogens (tertiary/aromatic N) is 2. The second-order valence-electron chi connectivity index (χ2n) is 12.0. The van der Waals surface area contributed by atoms with Crippen molar-refractivity contribution < 1.29 is 9.53 Å². The summed E-state index contributed by atoms with van der Waals surface area (Å²) in [6, 6.07) is 12.8. The Morgan fingerprint density at radius 2 is 1.95 bits per heavy atom. The lowest BCUT2D eigenvalue weighted by atomic mass is 9.69. The number of pyridine rings is 1. The minimum atomic E-state index is -0.743. The van der Waals surface area contributed by atoms with E-state index < -0.39 is 5.41 Å². The molecule has 0 fully saturated rings. The molecule has 0 saturated heterocycles. The first kappa shape index (κ1) is 31.3. The van der Waals surface area contributed by atoms with Gasteiger partial charge >= 0.3 is 0 Å². The van der Waals surface area contributed by atoms with Gasteiger partial charge in [0.1, 0.15) is 11.9 Å². The number of amides is 1. The summed E-state index contributed by atoms with van der Waals surface area (Å²) in [6.45, 7) is 14.1. The second kappa shape index (κ2) is 13.6. The summed E-state index contributed by atoms with van der Waals surface area (Å²) >= 11 is 0. The minimum Gasteiger partial charge on any atom is -0.489 e. The van der Waals surface area contributed by atoms with Crippen molar-refractivity contribution in [2.75, 3.05) is 44.8 Å². The number of nitrogens with one attached hydrogen (secondary N) is 3. The van der Waals surface area contributed by atoms with Crippen molar-refractivity contribution in [3.8, 4) is 5.75 Å². The first-order valence-electron chi connectivity index (χ1n) is 15.0. The van der Waals surface area contributed by atoms with Gasteiger partial charge in [0.05, 0.1) is 16.8 Å². The number of anilines is 2. The van der Waals surface area contributed by atoms with Crippen molar-refractivity contribution in [1.82, 2.24) is 20.5 Å². The number of nitrogens with two attached hydrogens (primary N) is 1. The highest BCUT2D eigenvalue weighted by Gasteiger charge is 2.40. The van der Waals surface area contributed by atoms with Crippen LogP contribution < -0.4 is 26.4 Å². The molecule has 0 bridgehead atoms. The van der Waals surface area contributed by atoms with Crippen LogP contribution in [0.25, 0.3) is 0 Å². The van der Waals surface area contributed by atoms with E-state index in [4.69, 9.17) is 10.5 Å². The van der Waals surface area contributed by atoms with Crippen molar-refractivity contribution in [3.05, 3.63) is 82.2 Å². The molecule has 0 radical (unpaired) electrons. The molecule has 0 unspecified atom stereocenters. The largest absolute Gasteiger partial charge is 0.489 e. The molecule has 1 aliphatic heterocycles. The number of aryl methyl sites for hydroxylation is 1. The molecule has 2 heterocycles. The standard InChI is InChI=1S/C34H48N6O2/c1-8-27-21-40(20-26-18-38-14-13-30(26)42-27)19-25-17-24(10-9-22(25)2)31(34(4,5)33(41)39-16-15-36-6)28-11-12-29(37-7)32(35)23(28)3/h9-14,17-18,27,31,36-37H,8,15-16,19-21,35H2,1-7H3,(H,39,41)/t27-,31+/m1/s1. The fourth-order valence-corrected chi connectivity index (χ4v) is 5.99. The molecule has 1 aromatic heterocycles. The van der Waals surface area contributed by atoms with Gasteiger partial charge in [0, 0.05) is 63.6 Å². The zero-order valence-corrected chi connectivity index (χ0v) is 26.3. The third kappa shape index (κ3) is 6.71. The Labute approximate surface area is 251 Å². The maximum absolute atomic E-state index is 13.7. The van der Waals surface area contributed by atoms with E-state index in [-0.39, 0.29) is 17.9 Å². The van der Waals surface area contributed by atoms with Crippen molar-refractivity contribution >= 4 is 17.3 Å². The summed E-state index contributed by atoms with van der Waals surface area (Å²) in [7, 11) is 3.76. The van der Waals surface area contributed by atoms with E-state index in [9.17, 15) is 4.79 Å². The highest BCUT2D eigenvalue weighted by molar-refractivity contribution is 5.84. The molecule has 0 saturated carbocycles. The minimum absolute atomic E-state index is 0.0140. The quantitative estimate of drug-likeness (QED) is 0.190. The molecule has 2 atom stereocenters. The molecule has 226 valence electrons. The first-order valence-corrected chi connectivity index (χ1v) is 15.0. The number of aromatic nitrogens is 1. The molecule has 42 heavy (non-hydrogen) atoms. The number of nitrogen functional groups attached to an aromatic ring is 1. The van der Waals surface area contributed by atoms with Gasteiger partial charge in [-0.25, -0.2) is 0 Å². The van der Waals surface area contributed by atoms with E-state index in [0.717, 1.165) is 59.7 Å². The van der Waals surface area contributed by atoms with Crippen LogP contribution in [0.15, 0.2) is 48.8 Å². The number of benzene rings is 2. The van der Waals surface area contributed by atoms with Crippen molar-refractivity contribution in [2.45, 2.75) is 66.2 Å². The van der Waals surface area contributed by atoms with Crippen LogP contribution in [0.3, 0.4) is 0 Å². The first-order chi connectivity index (χ1) is 20.1. The van der Waals surface area contributed by atoms with E-state index >= 15 is 0 Å². The average molecular weight is 573 g/mol. The van der Waals surface area contributed by atoms with Gasteiger partial charge in [-0.1, -0.05) is 45.0 Å². The molecule has 2 aromatic carbocycles. The number of carbonyl (C=O) groups excluding carboxylic acids is 1. The molecule has 0 spiro atoms. The number of rotatable bonds is 11. The Bertz CT molecular complexity index is 1390. The van der Waals surface area contributed by atoms with Crippen LogP contribution in [-0.4, -0.2) is 55.6 Å². The summed E-state index contributed by atoms with van der Waals surface area (Å²) in [5.74, 6) is 0.731. The van der Waals surface area contributed by atoms with Crippen LogP contribution in [0.4, 0.5) is 11.4 Å². The van der Waals surface area contributed by atoms with Gasteiger partial charge in [-0.05, 0) is 67.3 Å². The van der Waals surface area contributed by atoms with Gasteiger partial charge in [0.2, 0.25) is 5.91 Å². The van der Waals surface area contributed by atoms with E-state index in [0.29, 0.717) is 18.8 Å². The van der Waals surface area contributed by atoms with Crippen LogP contribution in [0.2, 0.25) is 0 Å². The SMILES string of the molecule is CC[C@@H]1CN(Cc2cc([C@@H](c3ccc(NC)c(N)c3C)C(C)(C)C(=O)NCCNC)ccc2C)Cc2cnccc2O1. The smallest absolute Gasteiger partial charge is 0.226 e. The lowest BCUT2D eigenvalue weighted by Crippen LogP contribution is -2.43.